The second-order valence-corrected chi connectivity index (χ2v) is 3.62. The summed E-state index contributed by atoms with van der Waals surface area (Å²) in [4.78, 5) is 12.5. The van der Waals surface area contributed by atoms with Crippen LogP contribution in [0, 0.1) is 0 Å². The number of carboxylic acids is 1. The number of furan rings is 1. The van der Waals surface area contributed by atoms with Crippen molar-refractivity contribution in [3.63, 3.8) is 0 Å². The van der Waals surface area contributed by atoms with Crippen molar-refractivity contribution >= 4 is 11.9 Å². The third-order valence-corrected chi connectivity index (χ3v) is 2.67. The summed E-state index contributed by atoms with van der Waals surface area (Å²) in [6.45, 7) is 0.876. The Morgan fingerprint density at radius 1 is 1.60 bits per heavy atom. The van der Waals surface area contributed by atoms with E-state index >= 15 is 0 Å². The highest BCUT2D eigenvalue weighted by molar-refractivity contribution is 5.84. The van der Waals surface area contributed by atoms with Crippen LogP contribution in [0.1, 0.15) is 23.4 Å². The van der Waals surface area contributed by atoms with Gasteiger partial charge in [-0.15, -0.1) is 0 Å². The van der Waals surface area contributed by atoms with E-state index in [0.29, 0.717) is 5.88 Å². The van der Waals surface area contributed by atoms with Crippen LogP contribution >= 0.6 is 0 Å². The number of aliphatic hydroxyl groups is 1. The van der Waals surface area contributed by atoms with E-state index in [2.05, 4.69) is 0 Å². The summed E-state index contributed by atoms with van der Waals surface area (Å²) >= 11 is 0. The first-order chi connectivity index (χ1) is 7.22. The van der Waals surface area contributed by atoms with Gasteiger partial charge in [0.15, 0.2) is 5.88 Å². The lowest BCUT2D eigenvalue weighted by Gasteiger charge is -2.21. The van der Waals surface area contributed by atoms with Crippen LogP contribution in [0.4, 0.5) is 5.88 Å². The molecule has 2 N–H and O–H groups in total. The van der Waals surface area contributed by atoms with Crippen molar-refractivity contribution < 1.29 is 19.4 Å². The van der Waals surface area contributed by atoms with Crippen LogP contribution in [0.2, 0.25) is 0 Å². The first kappa shape index (κ1) is 10.0. The van der Waals surface area contributed by atoms with E-state index in [9.17, 15) is 4.79 Å². The van der Waals surface area contributed by atoms with Gasteiger partial charge in [-0.1, -0.05) is 0 Å². The van der Waals surface area contributed by atoms with E-state index in [4.69, 9.17) is 14.6 Å². The molecule has 5 heteroatoms. The summed E-state index contributed by atoms with van der Waals surface area (Å²) in [5.41, 5.74) is 0. The van der Waals surface area contributed by atoms with Crippen molar-refractivity contribution in [2.75, 3.05) is 18.1 Å². The summed E-state index contributed by atoms with van der Waals surface area (Å²) in [7, 11) is 0. The SMILES string of the molecule is O=C(O)c1ccc(N2CCCC2CO)o1. The molecule has 0 aromatic carbocycles. The molecule has 1 aromatic rings. The van der Waals surface area contributed by atoms with Gasteiger partial charge in [-0.3, -0.25) is 0 Å². The lowest BCUT2D eigenvalue weighted by atomic mass is 10.2. The minimum Gasteiger partial charge on any atom is -0.475 e. The number of carboxylic acid groups (broad SMARTS) is 1. The molecule has 1 saturated heterocycles. The molecule has 1 fully saturated rings. The third kappa shape index (κ3) is 1.83. The zero-order chi connectivity index (χ0) is 10.8. The average Bonchev–Trinajstić information content (AvgIpc) is 2.85. The summed E-state index contributed by atoms with van der Waals surface area (Å²) in [6.07, 6.45) is 1.91. The Labute approximate surface area is 86.9 Å². The first-order valence-electron chi connectivity index (χ1n) is 4.93. The average molecular weight is 211 g/mol. The Morgan fingerprint density at radius 3 is 3.00 bits per heavy atom. The van der Waals surface area contributed by atoms with Gasteiger partial charge in [-0.2, -0.15) is 0 Å². The molecule has 1 aromatic heterocycles. The fourth-order valence-corrected chi connectivity index (χ4v) is 1.91. The van der Waals surface area contributed by atoms with Gasteiger partial charge in [0.2, 0.25) is 5.76 Å². The number of anilines is 1. The topological polar surface area (TPSA) is 73.9 Å². The molecule has 5 nitrogen and oxygen atoms in total. The van der Waals surface area contributed by atoms with E-state index < -0.39 is 5.97 Å². The zero-order valence-corrected chi connectivity index (χ0v) is 8.22. The first-order valence-corrected chi connectivity index (χ1v) is 4.93. The number of hydrogen-bond acceptors (Lipinski definition) is 4. The number of carbonyl (C=O) groups is 1. The largest absolute Gasteiger partial charge is 0.475 e. The monoisotopic (exact) mass is 211 g/mol. The number of rotatable bonds is 3. The molecule has 15 heavy (non-hydrogen) atoms. The predicted octanol–water partition coefficient (Wildman–Crippen LogP) is 0.939. The van der Waals surface area contributed by atoms with Gasteiger partial charge >= 0.3 is 5.97 Å². The summed E-state index contributed by atoms with van der Waals surface area (Å²) < 4.78 is 5.18. The predicted molar refractivity (Wildman–Crippen MR) is 53.1 cm³/mol. The Kier molecular flexibility index (Phi) is 2.64. The van der Waals surface area contributed by atoms with E-state index in [0.717, 1.165) is 19.4 Å². The molecule has 2 rings (SSSR count). The molecular weight excluding hydrogens is 198 g/mol. The van der Waals surface area contributed by atoms with E-state index in [-0.39, 0.29) is 18.4 Å². The summed E-state index contributed by atoms with van der Waals surface area (Å²) in [6, 6.07) is 3.12. The van der Waals surface area contributed by atoms with E-state index in [1.54, 1.807) is 6.07 Å². The maximum absolute atomic E-state index is 10.6. The summed E-state index contributed by atoms with van der Waals surface area (Å²) in [5, 5.41) is 17.8. The molecule has 0 spiro atoms. The minimum atomic E-state index is -1.07. The van der Waals surface area contributed by atoms with E-state index in [1.807, 2.05) is 4.90 Å². The minimum absolute atomic E-state index is 0.0535. The van der Waals surface area contributed by atoms with Gasteiger partial charge in [0.1, 0.15) is 0 Å². The maximum Gasteiger partial charge on any atom is 0.371 e. The Balaban J connectivity index is 2.18. The molecule has 1 aliphatic heterocycles. The Bertz CT molecular complexity index is 360. The highest BCUT2D eigenvalue weighted by atomic mass is 16.4. The standard InChI is InChI=1S/C10H13NO4/c12-6-7-2-1-5-11(7)9-4-3-8(15-9)10(13)14/h3-4,7,12H,1-2,5-6H2,(H,13,14). The van der Waals surface area contributed by atoms with Crippen molar-refractivity contribution in [1.29, 1.82) is 0 Å². The summed E-state index contributed by atoms with van der Waals surface area (Å²) in [5.74, 6) is -0.599. The highest BCUT2D eigenvalue weighted by Crippen LogP contribution is 2.27. The second kappa shape index (κ2) is 3.94. The van der Waals surface area contributed by atoms with Crippen LogP contribution in [0.25, 0.3) is 0 Å². The van der Waals surface area contributed by atoms with Gasteiger partial charge in [0, 0.05) is 12.6 Å². The number of aromatic carboxylic acids is 1. The molecule has 0 radical (unpaired) electrons. The third-order valence-electron chi connectivity index (χ3n) is 2.67. The van der Waals surface area contributed by atoms with E-state index in [1.165, 1.54) is 6.07 Å². The molecule has 82 valence electrons. The lowest BCUT2D eigenvalue weighted by molar-refractivity contribution is 0.0663. The lowest BCUT2D eigenvalue weighted by Crippen LogP contribution is -2.31. The van der Waals surface area contributed by atoms with Gasteiger partial charge < -0.3 is 19.5 Å². The number of aliphatic hydroxyl groups excluding tert-OH is 1. The molecule has 1 aliphatic rings. The molecule has 2 heterocycles. The van der Waals surface area contributed by atoms with Gasteiger partial charge in [0.25, 0.3) is 0 Å². The Morgan fingerprint density at radius 2 is 2.40 bits per heavy atom. The molecular formula is C10H13NO4. The van der Waals surface area contributed by atoms with Crippen LogP contribution in [-0.2, 0) is 0 Å². The zero-order valence-electron chi connectivity index (χ0n) is 8.22. The van der Waals surface area contributed by atoms with Gasteiger partial charge in [0.05, 0.1) is 12.6 Å². The molecule has 0 amide bonds. The molecule has 0 saturated carbocycles. The van der Waals surface area contributed by atoms with Crippen molar-refractivity contribution in [2.45, 2.75) is 18.9 Å². The Hall–Kier alpha value is -1.49. The number of nitrogens with zero attached hydrogens (tertiary/aromatic N) is 1. The molecule has 0 bridgehead atoms. The van der Waals surface area contributed by atoms with Gasteiger partial charge in [-0.05, 0) is 18.9 Å². The van der Waals surface area contributed by atoms with Crippen LogP contribution in [0.3, 0.4) is 0 Å². The molecule has 0 aliphatic carbocycles. The smallest absolute Gasteiger partial charge is 0.371 e. The van der Waals surface area contributed by atoms with Crippen molar-refractivity contribution in [3.8, 4) is 0 Å². The molecule has 1 atom stereocenters. The maximum atomic E-state index is 10.6. The highest BCUT2D eigenvalue weighted by Gasteiger charge is 2.26. The fraction of sp³-hybridized carbons (Fsp3) is 0.500. The second-order valence-electron chi connectivity index (χ2n) is 3.62. The van der Waals surface area contributed by atoms with Crippen molar-refractivity contribution in [2.24, 2.45) is 0 Å². The molecule has 1 unspecified atom stereocenters. The number of hydrogen-bond donors (Lipinski definition) is 2. The van der Waals surface area contributed by atoms with Crippen LogP contribution in [-0.4, -0.2) is 35.4 Å². The normalized spacial score (nSPS) is 20.9. The van der Waals surface area contributed by atoms with Gasteiger partial charge in [-0.25, -0.2) is 4.79 Å². The quantitative estimate of drug-likeness (QED) is 0.778. The van der Waals surface area contributed by atoms with Crippen molar-refractivity contribution in [3.05, 3.63) is 17.9 Å². The van der Waals surface area contributed by atoms with Crippen molar-refractivity contribution in [1.82, 2.24) is 0 Å². The van der Waals surface area contributed by atoms with Crippen LogP contribution in [0.15, 0.2) is 16.5 Å². The van der Waals surface area contributed by atoms with Crippen LogP contribution in [0.5, 0.6) is 0 Å². The fourth-order valence-electron chi connectivity index (χ4n) is 1.91. The van der Waals surface area contributed by atoms with Crippen LogP contribution < -0.4 is 4.90 Å².